The molecular weight excluding hydrogens is 332 g/mol. The van der Waals surface area contributed by atoms with Crippen LogP contribution in [-0.2, 0) is 0 Å². The Kier molecular flexibility index (Phi) is 4.85. The maximum absolute atomic E-state index is 12.2. The molecule has 2 aromatic rings. The van der Waals surface area contributed by atoms with Crippen LogP contribution < -0.4 is 15.8 Å². The third-order valence-electron chi connectivity index (χ3n) is 2.72. The zero-order valence-electron chi connectivity index (χ0n) is 11.9. The second-order valence-corrected chi connectivity index (χ2v) is 5.74. The van der Waals surface area contributed by atoms with Gasteiger partial charge in [-0.15, -0.1) is 0 Å². The zero-order chi connectivity index (χ0) is 15.4. The Morgan fingerprint density at radius 2 is 1.86 bits per heavy atom. The molecule has 1 amide bonds. The standard InChI is InChI=1S/C16H17BrN2O2/c1-10(2)21-13-6-4-12(5-7-13)19-16(20)14-9-11(18)3-8-15(14)17/h3-10H,18H2,1-2H3,(H,19,20). The van der Waals surface area contributed by atoms with E-state index < -0.39 is 0 Å². The molecule has 3 N–H and O–H groups in total. The van der Waals surface area contributed by atoms with Gasteiger partial charge in [-0.05, 0) is 72.2 Å². The molecular formula is C16H17BrN2O2. The van der Waals surface area contributed by atoms with E-state index in [4.69, 9.17) is 10.5 Å². The monoisotopic (exact) mass is 348 g/mol. The van der Waals surface area contributed by atoms with Gasteiger partial charge in [0.05, 0.1) is 11.7 Å². The van der Waals surface area contributed by atoms with Crippen LogP contribution in [0, 0.1) is 0 Å². The first-order chi connectivity index (χ1) is 9.95. The summed E-state index contributed by atoms with van der Waals surface area (Å²) in [5, 5.41) is 2.83. The number of carbonyl (C=O) groups is 1. The second kappa shape index (κ2) is 6.63. The minimum Gasteiger partial charge on any atom is -0.491 e. The number of halogens is 1. The summed E-state index contributed by atoms with van der Waals surface area (Å²) in [4.78, 5) is 12.2. The van der Waals surface area contributed by atoms with E-state index in [1.54, 1.807) is 30.3 Å². The van der Waals surface area contributed by atoms with Gasteiger partial charge in [-0.3, -0.25) is 4.79 Å². The van der Waals surface area contributed by atoms with Gasteiger partial charge in [-0.1, -0.05) is 0 Å². The fraction of sp³-hybridized carbons (Fsp3) is 0.188. The van der Waals surface area contributed by atoms with Crippen molar-refractivity contribution in [1.29, 1.82) is 0 Å². The van der Waals surface area contributed by atoms with Gasteiger partial charge in [0.2, 0.25) is 0 Å². The molecule has 21 heavy (non-hydrogen) atoms. The number of nitrogens with one attached hydrogen (secondary N) is 1. The molecule has 0 heterocycles. The number of nitrogens with two attached hydrogens (primary N) is 1. The number of anilines is 2. The molecule has 2 rings (SSSR count). The summed E-state index contributed by atoms with van der Waals surface area (Å²) in [6.07, 6.45) is 0.119. The van der Waals surface area contributed by atoms with Gasteiger partial charge < -0.3 is 15.8 Å². The predicted molar refractivity (Wildman–Crippen MR) is 88.7 cm³/mol. The fourth-order valence-electron chi connectivity index (χ4n) is 1.80. The van der Waals surface area contributed by atoms with Gasteiger partial charge in [0.25, 0.3) is 5.91 Å². The van der Waals surface area contributed by atoms with Crippen molar-refractivity contribution in [3.05, 3.63) is 52.5 Å². The lowest BCUT2D eigenvalue weighted by atomic mass is 10.2. The Morgan fingerprint density at radius 1 is 1.19 bits per heavy atom. The summed E-state index contributed by atoms with van der Waals surface area (Å²) in [5.74, 6) is 0.555. The number of ether oxygens (including phenoxy) is 1. The third-order valence-corrected chi connectivity index (χ3v) is 3.41. The first-order valence-corrected chi connectivity index (χ1v) is 7.38. The van der Waals surface area contributed by atoms with Crippen molar-refractivity contribution in [2.75, 3.05) is 11.1 Å². The van der Waals surface area contributed by atoms with E-state index in [9.17, 15) is 4.79 Å². The van der Waals surface area contributed by atoms with Crippen LogP contribution in [0.4, 0.5) is 11.4 Å². The van der Waals surface area contributed by atoms with Crippen LogP contribution in [-0.4, -0.2) is 12.0 Å². The molecule has 0 atom stereocenters. The summed E-state index contributed by atoms with van der Waals surface area (Å²) >= 11 is 3.35. The third kappa shape index (κ3) is 4.23. The van der Waals surface area contributed by atoms with Gasteiger partial charge in [-0.25, -0.2) is 0 Å². The SMILES string of the molecule is CC(C)Oc1ccc(NC(=O)c2cc(N)ccc2Br)cc1. The van der Waals surface area contributed by atoms with Gasteiger partial charge >= 0.3 is 0 Å². The molecule has 0 aromatic heterocycles. The highest BCUT2D eigenvalue weighted by Crippen LogP contribution is 2.22. The van der Waals surface area contributed by atoms with E-state index in [1.165, 1.54) is 0 Å². The van der Waals surface area contributed by atoms with E-state index in [1.807, 2.05) is 26.0 Å². The van der Waals surface area contributed by atoms with Crippen LogP contribution in [0.15, 0.2) is 46.9 Å². The number of rotatable bonds is 4. The van der Waals surface area contributed by atoms with E-state index in [0.717, 1.165) is 5.75 Å². The second-order valence-electron chi connectivity index (χ2n) is 4.88. The number of hydrogen-bond acceptors (Lipinski definition) is 3. The zero-order valence-corrected chi connectivity index (χ0v) is 13.5. The normalized spacial score (nSPS) is 10.5. The van der Waals surface area contributed by atoms with Crippen molar-refractivity contribution < 1.29 is 9.53 Å². The van der Waals surface area contributed by atoms with Crippen molar-refractivity contribution in [3.63, 3.8) is 0 Å². The molecule has 0 saturated carbocycles. The van der Waals surface area contributed by atoms with Crippen molar-refractivity contribution in [3.8, 4) is 5.75 Å². The molecule has 110 valence electrons. The highest BCUT2D eigenvalue weighted by Gasteiger charge is 2.10. The molecule has 0 aliphatic rings. The molecule has 0 unspecified atom stereocenters. The predicted octanol–water partition coefficient (Wildman–Crippen LogP) is 4.07. The maximum Gasteiger partial charge on any atom is 0.256 e. The molecule has 0 spiro atoms. The molecule has 0 saturated heterocycles. The highest BCUT2D eigenvalue weighted by atomic mass is 79.9. The first kappa shape index (κ1) is 15.4. The quantitative estimate of drug-likeness (QED) is 0.818. The minimum atomic E-state index is -0.216. The summed E-state index contributed by atoms with van der Waals surface area (Å²) in [6.45, 7) is 3.93. The van der Waals surface area contributed by atoms with Crippen molar-refractivity contribution in [1.82, 2.24) is 0 Å². The van der Waals surface area contributed by atoms with Crippen LogP contribution in [0.2, 0.25) is 0 Å². The van der Waals surface area contributed by atoms with Gasteiger partial charge in [0.15, 0.2) is 0 Å². The van der Waals surface area contributed by atoms with Crippen LogP contribution in [0.3, 0.4) is 0 Å². The molecule has 5 heteroatoms. The molecule has 0 radical (unpaired) electrons. The summed E-state index contributed by atoms with van der Waals surface area (Å²) in [6, 6.07) is 12.4. The van der Waals surface area contributed by atoms with Crippen LogP contribution in [0.1, 0.15) is 24.2 Å². The maximum atomic E-state index is 12.2. The lowest BCUT2D eigenvalue weighted by Crippen LogP contribution is -2.13. The Bertz CT molecular complexity index is 639. The number of amides is 1. The largest absolute Gasteiger partial charge is 0.491 e. The fourth-order valence-corrected chi connectivity index (χ4v) is 2.23. The van der Waals surface area contributed by atoms with Crippen molar-refractivity contribution in [2.24, 2.45) is 0 Å². The molecule has 2 aromatic carbocycles. The average Bonchev–Trinajstić information content (AvgIpc) is 2.43. The first-order valence-electron chi connectivity index (χ1n) is 6.59. The van der Waals surface area contributed by atoms with Gasteiger partial charge in [0.1, 0.15) is 5.75 Å². The minimum absolute atomic E-state index is 0.119. The number of hydrogen-bond donors (Lipinski definition) is 2. The lowest BCUT2D eigenvalue weighted by Gasteiger charge is -2.11. The van der Waals surface area contributed by atoms with Gasteiger partial charge in [0, 0.05) is 15.8 Å². The van der Waals surface area contributed by atoms with Crippen LogP contribution >= 0.6 is 15.9 Å². The topological polar surface area (TPSA) is 64.3 Å². The molecule has 4 nitrogen and oxygen atoms in total. The summed E-state index contributed by atoms with van der Waals surface area (Å²) < 4.78 is 6.26. The molecule has 0 aliphatic carbocycles. The lowest BCUT2D eigenvalue weighted by molar-refractivity contribution is 0.102. The Morgan fingerprint density at radius 3 is 2.48 bits per heavy atom. The molecule has 0 fully saturated rings. The van der Waals surface area contributed by atoms with Crippen LogP contribution in [0.25, 0.3) is 0 Å². The number of benzene rings is 2. The highest BCUT2D eigenvalue weighted by molar-refractivity contribution is 9.10. The summed E-state index contributed by atoms with van der Waals surface area (Å²) in [7, 11) is 0. The van der Waals surface area contributed by atoms with E-state index in [2.05, 4.69) is 21.2 Å². The smallest absolute Gasteiger partial charge is 0.256 e. The Balaban J connectivity index is 2.10. The Hall–Kier alpha value is -2.01. The van der Waals surface area contributed by atoms with Crippen molar-refractivity contribution in [2.45, 2.75) is 20.0 Å². The number of carbonyl (C=O) groups excluding carboxylic acids is 1. The van der Waals surface area contributed by atoms with E-state index >= 15 is 0 Å². The van der Waals surface area contributed by atoms with Crippen molar-refractivity contribution >= 4 is 33.2 Å². The average molecular weight is 349 g/mol. The Labute approximate surface area is 132 Å². The molecule has 0 aliphatic heterocycles. The van der Waals surface area contributed by atoms with Crippen LogP contribution in [0.5, 0.6) is 5.75 Å². The van der Waals surface area contributed by atoms with Gasteiger partial charge in [-0.2, -0.15) is 0 Å². The molecule has 0 bridgehead atoms. The van der Waals surface area contributed by atoms with E-state index in [0.29, 0.717) is 21.4 Å². The number of nitrogen functional groups attached to an aromatic ring is 1. The summed E-state index contributed by atoms with van der Waals surface area (Å²) in [5.41, 5.74) is 7.45. The van der Waals surface area contributed by atoms with E-state index in [-0.39, 0.29) is 12.0 Å².